The van der Waals surface area contributed by atoms with Gasteiger partial charge in [0.15, 0.2) is 0 Å². The van der Waals surface area contributed by atoms with Crippen molar-refractivity contribution in [2.45, 2.75) is 13.2 Å². The van der Waals surface area contributed by atoms with E-state index in [0.717, 1.165) is 11.1 Å². The maximum atomic E-state index is 11.9. The zero-order chi connectivity index (χ0) is 14.5. The second kappa shape index (κ2) is 6.16. The molecule has 0 aliphatic heterocycles. The van der Waals surface area contributed by atoms with E-state index in [1.807, 2.05) is 12.1 Å². The third-order valence-electron chi connectivity index (χ3n) is 3.03. The number of hydrogen-bond acceptors (Lipinski definition) is 3. The standard InChI is InChI=1S/C15H16N2O3/c1-17-7-6-13(8-14(17)19)15(20)16-9-11-2-4-12(10-18)5-3-11/h2-8,18H,9-10H2,1H3,(H,16,20). The van der Waals surface area contributed by atoms with Crippen molar-refractivity contribution in [1.29, 1.82) is 0 Å². The number of rotatable bonds is 4. The predicted octanol–water partition coefficient (Wildman–Crippen LogP) is 0.808. The zero-order valence-corrected chi connectivity index (χ0v) is 11.2. The molecule has 0 saturated carbocycles. The van der Waals surface area contributed by atoms with Crippen molar-refractivity contribution in [3.63, 3.8) is 0 Å². The monoisotopic (exact) mass is 272 g/mol. The van der Waals surface area contributed by atoms with Crippen LogP contribution in [0.3, 0.4) is 0 Å². The molecular formula is C15H16N2O3. The van der Waals surface area contributed by atoms with E-state index >= 15 is 0 Å². The first-order valence-electron chi connectivity index (χ1n) is 6.23. The average molecular weight is 272 g/mol. The van der Waals surface area contributed by atoms with Crippen LogP contribution < -0.4 is 10.9 Å². The van der Waals surface area contributed by atoms with Crippen LogP contribution in [-0.2, 0) is 20.2 Å². The Hall–Kier alpha value is -2.40. The van der Waals surface area contributed by atoms with Gasteiger partial charge in [-0.05, 0) is 17.2 Å². The Morgan fingerprint density at radius 1 is 1.20 bits per heavy atom. The summed E-state index contributed by atoms with van der Waals surface area (Å²) >= 11 is 0. The number of nitrogens with one attached hydrogen (secondary N) is 1. The fourth-order valence-corrected chi connectivity index (χ4v) is 1.74. The Balaban J connectivity index is 2.00. The topological polar surface area (TPSA) is 71.3 Å². The van der Waals surface area contributed by atoms with Gasteiger partial charge in [0.1, 0.15) is 0 Å². The minimum Gasteiger partial charge on any atom is -0.392 e. The first-order chi connectivity index (χ1) is 9.60. The smallest absolute Gasteiger partial charge is 0.251 e. The first-order valence-corrected chi connectivity index (χ1v) is 6.23. The number of benzene rings is 1. The van der Waals surface area contributed by atoms with Crippen molar-refractivity contribution in [2.24, 2.45) is 7.05 Å². The van der Waals surface area contributed by atoms with E-state index in [9.17, 15) is 9.59 Å². The number of carbonyl (C=O) groups excluding carboxylic acids is 1. The molecule has 0 fully saturated rings. The summed E-state index contributed by atoms with van der Waals surface area (Å²) in [4.78, 5) is 23.4. The first kappa shape index (κ1) is 14.0. The molecule has 1 aromatic carbocycles. The van der Waals surface area contributed by atoms with Gasteiger partial charge in [-0.3, -0.25) is 9.59 Å². The quantitative estimate of drug-likeness (QED) is 0.865. The maximum absolute atomic E-state index is 11.9. The molecule has 5 nitrogen and oxygen atoms in total. The summed E-state index contributed by atoms with van der Waals surface area (Å²) in [6.07, 6.45) is 1.56. The molecule has 0 atom stereocenters. The minimum absolute atomic E-state index is 0.0000505. The van der Waals surface area contributed by atoms with Gasteiger partial charge in [-0.2, -0.15) is 0 Å². The van der Waals surface area contributed by atoms with Crippen molar-refractivity contribution < 1.29 is 9.90 Å². The van der Waals surface area contributed by atoms with Crippen molar-refractivity contribution >= 4 is 5.91 Å². The van der Waals surface area contributed by atoms with E-state index < -0.39 is 0 Å². The van der Waals surface area contributed by atoms with E-state index in [1.54, 1.807) is 31.4 Å². The molecule has 2 rings (SSSR count). The SMILES string of the molecule is Cn1ccc(C(=O)NCc2ccc(CO)cc2)cc1=O. The normalized spacial score (nSPS) is 10.3. The lowest BCUT2D eigenvalue weighted by molar-refractivity contribution is 0.0950. The zero-order valence-electron chi connectivity index (χ0n) is 11.2. The van der Waals surface area contributed by atoms with Crippen LogP contribution in [0.1, 0.15) is 21.5 Å². The molecule has 104 valence electrons. The number of hydrogen-bond donors (Lipinski definition) is 2. The average Bonchev–Trinajstić information content (AvgIpc) is 2.48. The Labute approximate surface area is 116 Å². The number of aryl methyl sites for hydroxylation is 1. The fraction of sp³-hybridized carbons (Fsp3) is 0.200. The lowest BCUT2D eigenvalue weighted by Crippen LogP contribution is -2.25. The van der Waals surface area contributed by atoms with E-state index in [1.165, 1.54) is 10.6 Å². The largest absolute Gasteiger partial charge is 0.392 e. The Morgan fingerprint density at radius 3 is 2.45 bits per heavy atom. The summed E-state index contributed by atoms with van der Waals surface area (Å²) in [6.45, 7) is 0.375. The molecule has 1 heterocycles. The highest BCUT2D eigenvalue weighted by atomic mass is 16.3. The molecule has 0 unspecified atom stereocenters. The number of pyridine rings is 1. The van der Waals surface area contributed by atoms with Gasteiger partial charge in [0.25, 0.3) is 11.5 Å². The third-order valence-corrected chi connectivity index (χ3v) is 3.03. The van der Waals surface area contributed by atoms with E-state index in [2.05, 4.69) is 5.32 Å². The van der Waals surface area contributed by atoms with Gasteiger partial charge in [-0.15, -0.1) is 0 Å². The molecule has 1 aromatic heterocycles. The predicted molar refractivity (Wildman–Crippen MR) is 75.2 cm³/mol. The van der Waals surface area contributed by atoms with Gasteiger partial charge >= 0.3 is 0 Å². The molecule has 0 bridgehead atoms. The van der Waals surface area contributed by atoms with Crippen molar-refractivity contribution in [1.82, 2.24) is 9.88 Å². The third kappa shape index (κ3) is 3.33. The highest BCUT2D eigenvalue weighted by Crippen LogP contribution is 2.04. The summed E-state index contributed by atoms with van der Waals surface area (Å²) in [7, 11) is 1.63. The highest BCUT2D eigenvalue weighted by Gasteiger charge is 2.06. The van der Waals surface area contributed by atoms with Gasteiger partial charge < -0.3 is 15.0 Å². The molecule has 5 heteroatoms. The van der Waals surface area contributed by atoms with E-state index in [-0.39, 0.29) is 18.1 Å². The van der Waals surface area contributed by atoms with Crippen molar-refractivity contribution in [3.8, 4) is 0 Å². The van der Waals surface area contributed by atoms with Crippen LogP contribution in [-0.4, -0.2) is 15.6 Å². The van der Waals surface area contributed by atoms with Gasteiger partial charge in [0.2, 0.25) is 0 Å². The van der Waals surface area contributed by atoms with Crippen LogP contribution in [0.15, 0.2) is 47.4 Å². The molecule has 0 aliphatic rings. The van der Waals surface area contributed by atoms with Gasteiger partial charge in [-0.25, -0.2) is 0 Å². The van der Waals surface area contributed by atoms with E-state index in [4.69, 9.17) is 5.11 Å². The second-order valence-corrected chi connectivity index (χ2v) is 4.52. The molecule has 2 aromatic rings. The molecule has 0 radical (unpaired) electrons. The molecular weight excluding hydrogens is 256 g/mol. The highest BCUT2D eigenvalue weighted by molar-refractivity contribution is 5.93. The second-order valence-electron chi connectivity index (χ2n) is 4.52. The van der Waals surface area contributed by atoms with Crippen LogP contribution >= 0.6 is 0 Å². The lowest BCUT2D eigenvalue weighted by atomic mass is 10.1. The summed E-state index contributed by atoms with van der Waals surface area (Å²) in [5, 5.41) is 11.7. The minimum atomic E-state index is -0.283. The number of aromatic nitrogens is 1. The summed E-state index contributed by atoms with van der Waals surface area (Å²) in [5.74, 6) is -0.283. The van der Waals surface area contributed by atoms with Crippen LogP contribution in [0.4, 0.5) is 0 Å². The fourth-order valence-electron chi connectivity index (χ4n) is 1.74. The van der Waals surface area contributed by atoms with Crippen LogP contribution in [0.5, 0.6) is 0 Å². The summed E-state index contributed by atoms with van der Waals surface area (Å²) < 4.78 is 1.41. The molecule has 0 aliphatic carbocycles. The molecule has 0 spiro atoms. The Kier molecular flexibility index (Phi) is 4.32. The Morgan fingerprint density at radius 2 is 1.85 bits per heavy atom. The molecule has 0 saturated heterocycles. The van der Waals surface area contributed by atoms with Gasteiger partial charge in [0, 0.05) is 31.4 Å². The van der Waals surface area contributed by atoms with Crippen molar-refractivity contribution in [2.75, 3.05) is 0 Å². The summed E-state index contributed by atoms with van der Waals surface area (Å²) in [6, 6.07) is 10.2. The van der Waals surface area contributed by atoms with E-state index in [0.29, 0.717) is 12.1 Å². The van der Waals surface area contributed by atoms with Crippen LogP contribution in [0.25, 0.3) is 0 Å². The van der Waals surface area contributed by atoms with Crippen LogP contribution in [0.2, 0.25) is 0 Å². The Bertz CT molecular complexity index is 660. The summed E-state index contributed by atoms with van der Waals surface area (Å²) in [5.41, 5.74) is 1.89. The van der Waals surface area contributed by atoms with Crippen molar-refractivity contribution in [3.05, 3.63) is 69.6 Å². The maximum Gasteiger partial charge on any atom is 0.251 e. The number of carbonyl (C=O) groups is 1. The number of nitrogens with zero attached hydrogens (tertiary/aromatic N) is 1. The number of amides is 1. The van der Waals surface area contributed by atoms with Crippen LogP contribution in [0, 0.1) is 0 Å². The lowest BCUT2D eigenvalue weighted by Gasteiger charge is -2.06. The van der Waals surface area contributed by atoms with Gasteiger partial charge in [-0.1, -0.05) is 24.3 Å². The van der Waals surface area contributed by atoms with Gasteiger partial charge in [0.05, 0.1) is 6.61 Å². The molecule has 1 amide bonds. The number of aliphatic hydroxyl groups excluding tert-OH is 1. The molecule has 2 N–H and O–H groups in total. The number of aliphatic hydroxyl groups is 1. The molecule has 20 heavy (non-hydrogen) atoms.